The zero-order valence-electron chi connectivity index (χ0n) is 7.38. The second kappa shape index (κ2) is 4.32. The average molecular weight is 291 g/mol. The molecular weight excluding hydrogens is 286 g/mol. The van der Waals surface area contributed by atoms with Crippen LogP contribution in [0.25, 0.3) is 0 Å². The Hall–Kier alpha value is -0.880. The van der Waals surface area contributed by atoms with Gasteiger partial charge in [0.25, 0.3) is 0 Å². The lowest BCUT2D eigenvalue weighted by Gasteiger charge is -1.98. The fraction of sp³-hybridized carbons (Fsp3) is 0.111. The summed E-state index contributed by atoms with van der Waals surface area (Å²) >= 11 is 4.55. The zero-order valence-corrected chi connectivity index (χ0v) is 9.78. The van der Waals surface area contributed by atoms with E-state index >= 15 is 0 Å². The van der Waals surface area contributed by atoms with Crippen LogP contribution in [0.2, 0.25) is 0 Å². The van der Waals surface area contributed by atoms with Crippen molar-refractivity contribution in [3.63, 3.8) is 0 Å². The molecule has 2 rings (SSSR count). The molecule has 0 spiro atoms. The maximum atomic E-state index is 12.9. The molecule has 0 aliphatic heterocycles. The Kier molecular flexibility index (Phi) is 3.06. The summed E-state index contributed by atoms with van der Waals surface area (Å²) in [6.45, 7) is 0. The van der Waals surface area contributed by atoms with Crippen molar-refractivity contribution < 1.29 is 8.78 Å². The molecule has 2 nitrogen and oxygen atoms in total. The molecule has 0 unspecified atom stereocenters. The number of halogens is 3. The van der Waals surface area contributed by atoms with Gasteiger partial charge in [-0.3, -0.25) is 0 Å². The lowest BCUT2D eigenvalue weighted by atomic mass is 10.1. The summed E-state index contributed by atoms with van der Waals surface area (Å²) in [5, 5.41) is 8.40. The first-order valence-electron chi connectivity index (χ1n) is 4.07. The SMILES string of the molecule is Fc1ccc(Cc2nnc(Br)s2)cc1F. The Morgan fingerprint density at radius 1 is 1.20 bits per heavy atom. The van der Waals surface area contributed by atoms with E-state index in [0.29, 0.717) is 15.9 Å². The van der Waals surface area contributed by atoms with Crippen molar-refractivity contribution in [1.29, 1.82) is 0 Å². The topological polar surface area (TPSA) is 25.8 Å². The highest BCUT2D eigenvalue weighted by Gasteiger charge is 2.06. The van der Waals surface area contributed by atoms with E-state index in [4.69, 9.17) is 0 Å². The molecule has 0 radical (unpaired) electrons. The van der Waals surface area contributed by atoms with Gasteiger partial charge in [0.1, 0.15) is 5.01 Å². The highest BCUT2D eigenvalue weighted by atomic mass is 79.9. The molecule has 0 amide bonds. The number of nitrogens with zero attached hydrogens (tertiary/aromatic N) is 2. The maximum absolute atomic E-state index is 12.9. The van der Waals surface area contributed by atoms with Gasteiger partial charge in [-0.15, -0.1) is 10.2 Å². The summed E-state index contributed by atoms with van der Waals surface area (Å²) in [5.41, 5.74) is 0.678. The van der Waals surface area contributed by atoms with E-state index in [9.17, 15) is 8.78 Å². The number of hydrogen-bond acceptors (Lipinski definition) is 3. The monoisotopic (exact) mass is 290 g/mol. The van der Waals surface area contributed by atoms with Gasteiger partial charge in [0.2, 0.25) is 0 Å². The zero-order chi connectivity index (χ0) is 10.8. The Labute approximate surface area is 97.1 Å². The molecule has 1 heterocycles. The number of aromatic nitrogens is 2. The summed E-state index contributed by atoms with van der Waals surface area (Å²) in [5.74, 6) is -1.67. The minimum Gasteiger partial charge on any atom is -0.204 e. The highest BCUT2D eigenvalue weighted by Crippen LogP contribution is 2.19. The summed E-state index contributed by atoms with van der Waals surface area (Å²) in [7, 11) is 0. The Morgan fingerprint density at radius 3 is 2.60 bits per heavy atom. The Balaban J connectivity index is 2.21. The second-order valence-electron chi connectivity index (χ2n) is 2.87. The van der Waals surface area contributed by atoms with Crippen LogP contribution in [0.3, 0.4) is 0 Å². The van der Waals surface area contributed by atoms with Crippen molar-refractivity contribution >= 4 is 27.3 Å². The minimum absolute atomic E-state index is 0.459. The van der Waals surface area contributed by atoms with Gasteiger partial charge in [-0.1, -0.05) is 17.4 Å². The van der Waals surface area contributed by atoms with Crippen molar-refractivity contribution in [1.82, 2.24) is 10.2 Å². The van der Waals surface area contributed by atoms with Crippen LogP contribution in [0.4, 0.5) is 8.78 Å². The van der Waals surface area contributed by atoms with Crippen LogP contribution in [0.5, 0.6) is 0 Å². The molecule has 0 saturated heterocycles. The summed E-state index contributed by atoms with van der Waals surface area (Å²) in [6, 6.07) is 3.82. The van der Waals surface area contributed by atoms with Gasteiger partial charge in [-0.05, 0) is 33.6 Å². The summed E-state index contributed by atoms with van der Waals surface area (Å²) in [4.78, 5) is 0. The fourth-order valence-electron chi connectivity index (χ4n) is 1.13. The van der Waals surface area contributed by atoms with Gasteiger partial charge in [0.15, 0.2) is 15.6 Å². The smallest absolute Gasteiger partial charge is 0.183 e. The van der Waals surface area contributed by atoms with Crippen LogP contribution in [0, 0.1) is 11.6 Å². The lowest BCUT2D eigenvalue weighted by molar-refractivity contribution is 0.507. The fourth-order valence-corrected chi connectivity index (χ4v) is 2.37. The number of rotatable bonds is 2. The molecule has 0 fully saturated rings. The van der Waals surface area contributed by atoms with Crippen molar-refractivity contribution in [2.45, 2.75) is 6.42 Å². The van der Waals surface area contributed by atoms with Gasteiger partial charge in [0, 0.05) is 6.42 Å². The lowest BCUT2D eigenvalue weighted by Crippen LogP contribution is -1.91. The summed E-state index contributed by atoms with van der Waals surface area (Å²) < 4.78 is 26.2. The van der Waals surface area contributed by atoms with Gasteiger partial charge in [-0.25, -0.2) is 8.78 Å². The van der Waals surface area contributed by atoms with Crippen molar-refractivity contribution in [2.24, 2.45) is 0 Å². The predicted octanol–water partition coefficient (Wildman–Crippen LogP) is 3.17. The van der Waals surface area contributed by atoms with E-state index < -0.39 is 11.6 Å². The molecule has 0 N–H and O–H groups in total. The van der Waals surface area contributed by atoms with Gasteiger partial charge >= 0.3 is 0 Å². The maximum Gasteiger partial charge on any atom is 0.183 e. The minimum atomic E-state index is -0.837. The van der Waals surface area contributed by atoms with Crippen LogP contribution in [0.15, 0.2) is 22.1 Å². The normalized spacial score (nSPS) is 10.6. The van der Waals surface area contributed by atoms with Crippen LogP contribution < -0.4 is 0 Å². The predicted molar refractivity (Wildman–Crippen MR) is 56.8 cm³/mol. The third-order valence-electron chi connectivity index (χ3n) is 1.78. The first-order chi connectivity index (χ1) is 7.15. The molecule has 0 bridgehead atoms. The average Bonchev–Trinajstić information content (AvgIpc) is 2.58. The van der Waals surface area contributed by atoms with Crippen LogP contribution in [-0.4, -0.2) is 10.2 Å². The van der Waals surface area contributed by atoms with E-state index in [1.54, 1.807) is 0 Å². The first-order valence-corrected chi connectivity index (χ1v) is 5.68. The van der Waals surface area contributed by atoms with E-state index in [0.717, 1.165) is 11.1 Å². The van der Waals surface area contributed by atoms with Crippen LogP contribution >= 0.6 is 27.3 Å². The molecule has 0 saturated carbocycles. The third kappa shape index (κ3) is 2.57. The molecular formula is C9H5BrF2N2S. The molecule has 6 heteroatoms. The van der Waals surface area contributed by atoms with Gasteiger partial charge in [0.05, 0.1) is 0 Å². The number of hydrogen-bond donors (Lipinski definition) is 0. The molecule has 0 aliphatic rings. The van der Waals surface area contributed by atoms with Crippen LogP contribution in [0.1, 0.15) is 10.6 Å². The quantitative estimate of drug-likeness (QED) is 0.849. The molecule has 15 heavy (non-hydrogen) atoms. The second-order valence-corrected chi connectivity index (χ2v) is 5.21. The standard InChI is InChI=1S/C9H5BrF2N2S/c10-9-14-13-8(15-9)4-5-1-2-6(11)7(12)3-5/h1-3H,4H2. The van der Waals surface area contributed by atoms with Crippen molar-refractivity contribution in [3.05, 3.63) is 44.3 Å². The summed E-state index contributed by atoms with van der Waals surface area (Å²) in [6.07, 6.45) is 0.459. The van der Waals surface area contributed by atoms with Crippen LogP contribution in [-0.2, 0) is 6.42 Å². The molecule has 2 aromatic rings. The molecule has 1 aromatic carbocycles. The van der Waals surface area contributed by atoms with E-state index in [2.05, 4.69) is 26.1 Å². The van der Waals surface area contributed by atoms with Crippen molar-refractivity contribution in [2.75, 3.05) is 0 Å². The Morgan fingerprint density at radius 2 is 2.00 bits per heavy atom. The van der Waals surface area contributed by atoms with Gasteiger partial charge < -0.3 is 0 Å². The molecule has 1 aromatic heterocycles. The van der Waals surface area contributed by atoms with Crippen molar-refractivity contribution in [3.8, 4) is 0 Å². The molecule has 0 aliphatic carbocycles. The molecule has 0 atom stereocenters. The largest absolute Gasteiger partial charge is 0.204 e. The highest BCUT2D eigenvalue weighted by molar-refractivity contribution is 9.11. The Bertz CT molecular complexity index is 487. The van der Waals surface area contributed by atoms with E-state index in [-0.39, 0.29) is 0 Å². The molecule has 78 valence electrons. The first kappa shape index (κ1) is 10.6. The number of benzene rings is 1. The van der Waals surface area contributed by atoms with E-state index in [1.807, 2.05) is 0 Å². The third-order valence-corrected chi connectivity index (χ3v) is 3.14. The van der Waals surface area contributed by atoms with Gasteiger partial charge in [-0.2, -0.15) is 0 Å². The van der Waals surface area contributed by atoms with E-state index in [1.165, 1.54) is 23.5 Å².